The zero-order valence-electron chi connectivity index (χ0n) is 21.1. The van der Waals surface area contributed by atoms with E-state index in [0.29, 0.717) is 6.42 Å². The van der Waals surface area contributed by atoms with Gasteiger partial charge in [-0.3, -0.25) is 0 Å². The van der Waals surface area contributed by atoms with Crippen LogP contribution in [-0.4, -0.2) is 85.8 Å². The van der Waals surface area contributed by atoms with E-state index in [2.05, 4.69) is 5.16 Å². The maximum absolute atomic E-state index is 12.6. The summed E-state index contributed by atoms with van der Waals surface area (Å²) >= 11 is 0. The van der Waals surface area contributed by atoms with Crippen molar-refractivity contribution >= 4 is 29.7 Å². The predicted octanol–water partition coefficient (Wildman–Crippen LogP) is 0.226. The molecule has 13 nitrogen and oxygen atoms in total. The van der Waals surface area contributed by atoms with E-state index >= 15 is 0 Å². The van der Waals surface area contributed by atoms with Gasteiger partial charge in [0.25, 0.3) is 0 Å². The van der Waals surface area contributed by atoms with Crippen LogP contribution in [-0.2, 0) is 43.0 Å². The predicted molar refractivity (Wildman–Crippen MR) is 126 cm³/mol. The number of likely N-dealkylation sites (tertiary alicyclic amines) is 1. The molecule has 1 rings (SSSR count). The van der Waals surface area contributed by atoms with E-state index in [1.54, 1.807) is 32.6 Å². The van der Waals surface area contributed by atoms with Gasteiger partial charge in [-0.25, -0.2) is 19.2 Å². The fourth-order valence-electron chi connectivity index (χ4n) is 3.32. The molecule has 0 amide bonds. The molecule has 0 aliphatic carbocycles. The Morgan fingerprint density at radius 2 is 1.44 bits per heavy atom. The smallest absolute Gasteiger partial charge is 0.377 e. The molecule has 0 aromatic heterocycles. The number of nitrogens with zero attached hydrogens (tertiary/aromatic N) is 2. The van der Waals surface area contributed by atoms with Crippen molar-refractivity contribution in [1.82, 2.24) is 4.90 Å². The molecule has 1 saturated heterocycles. The SMILES string of the molecule is CCOC(=O)/C=C(/ON=C(N)C1CC(CO)CN(/C(=C/C(=O)OCC)C(=O)OCC)C1)C(=O)OCC. The quantitative estimate of drug-likeness (QED) is 0.0653. The van der Waals surface area contributed by atoms with Crippen molar-refractivity contribution < 1.29 is 48.1 Å². The van der Waals surface area contributed by atoms with Gasteiger partial charge >= 0.3 is 23.9 Å². The summed E-state index contributed by atoms with van der Waals surface area (Å²) in [5.41, 5.74) is 6.06. The lowest BCUT2D eigenvalue weighted by Crippen LogP contribution is -2.47. The maximum atomic E-state index is 12.6. The number of oxime groups is 1. The average molecular weight is 514 g/mol. The van der Waals surface area contributed by atoms with Crippen LogP contribution in [0, 0.1) is 11.8 Å². The Bertz CT molecular complexity index is 868. The molecule has 1 aliphatic heterocycles. The van der Waals surface area contributed by atoms with Crippen LogP contribution in [0.5, 0.6) is 0 Å². The molecule has 202 valence electrons. The van der Waals surface area contributed by atoms with Gasteiger partial charge in [-0.15, -0.1) is 0 Å². The van der Waals surface area contributed by atoms with Crippen LogP contribution in [0.1, 0.15) is 34.1 Å². The normalized spacial score (nSPS) is 18.8. The van der Waals surface area contributed by atoms with Crippen LogP contribution < -0.4 is 5.73 Å². The summed E-state index contributed by atoms with van der Waals surface area (Å²) in [4.78, 5) is 55.2. The van der Waals surface area contributed by atoms with Gasteiger partial charge in [0.05, 0.1) is 38.6 Å². The van der Waals surface area contributed by atoms with Crippen LogP contribution in [0.4, 0.5) is 0 Å². The van der Waals surface area contributed by atoms with Crippen molar-refractivity contribution in [2.24, 2.45) is 22.7 Å². The van der Waals surface area contributed by atoms with Crippen LogP contribution >= 0.6 is 0 Å². The lowest BCUT2D eigenvalue weighted by atomic mass is 9.88. The molecule has 0 aromatic rings. The third-order valence-corrected chi connectivity index (χ3v) is 4.84. The number of aliphatic hydroxyl groups is 1. The van der Waals surface area contributed by atoms with Gasteiger partial charge in [-0.1, -0.05) is 5.16 Å². The molecule has 0 radical (unpaired) electrons. The van der Waals surface area contributed by atoms with Gasteiger partial charge in [0, 0.05) is 31.5 Å². The van der Waals surface area contributed by atoms with Crippen LogP contribution in [0.2, 0.25) is 0 Å². The fraction of sp³-hybridized carbons (Fsp3) is 0.609. The summed E-state index contributed by atoms with van der Waals surface area (Å²) in [6.07, 6.45) is 2.20. The minimum Gasteiger partial charge on any atom is -0.463 e. The van der Waals surface area contributed by atoms with Gasteiger partial charge in [0.15, 0.2) is 0 Å². The highest BCUT2D eigenvalue weighted by atomic mass is 16.7. The van der Waals surface area contributed by atoms with E-state index in [1.807, 2.05) is 0 Å². The van der Waals surface area contributed by atoms with Crippen molar-refractivity contribution in [3.63, 3.8) is 0 Å². The number of amidine groups is 1. The largest absolute Gasteiger partial charge is 0.463 e. The monoisotopic (exact) mass is 513 g/mol. The summed E-state index contributed by atoms with van der Waals surface area (Å²) in [5.74, 6) is -4.73. The molecular weight excluding hydrogens is 478 g/mol. The van der Waals surface area contributed by atoms with E-state index in [1.165, 1.54) is 0 Å². The van der Waals surface area contributed by atoms with Crippen LogP contribution in [0.3, 0.4) is 0 Å². The van der Waals surface area contributed by atoms with Crippen LogP contribution in [0.25, 0.3) is 0 Å². The molecule has 1 fully saturated rings. The van der Waals surface area contributed by atoms with E-state index < -0.39 is 35.6 Å². The highest BCUT2D eigenvalue weighted by Gasteiger charge is 2.33. The number of rotatable bonds is 13. The van der Waals surface area contributed by atoms with Gasteiger partial charge in [0.1, 0.15) is 11.5 Å². The van der Waals surface area contributed by atoms with Crippen LogP contribution in [0.15, 0.2) is 28.8 Å². The topological polar surface area (TPSA) is 176 Å². The number of piperidine rings is 1. The van der Waals surface area contributed by atoms with Crippen molar-refractivity contribution in [2.75, 3.05) is 46.1 Å². The average Bonchev–Trinajstić information content (AvgIpc) is 2.85. The minimum absolute atomic E-state index is 0.0285. The number of hydrogen-bond acceptors (Lipinski definition) is 12. The maximum Gasteiger partial charge on any atom is 0.377 e. The molecule has 0 saturated carbocycles. The third kappa shape index (κ3) is 9.94. The zero-order chi connectivity index (χ0) is 27.1. The highest BCUT2D eigenvalue weighted by molar-refractivity contribution is 5.96. The van der Waals surface area contributed by atoms with Crippen molar-refractivity contribution in [1.29, 1.82) is 0 Å². The van der Waals surface area contributed by atoms with E-state index in [0.717, 1.165) is 12.2 Å². The van der Waals surface area contributed by atoms with Gasteiger partial charge in [0.2, 0.25) is 5.76 Å². The molecule has 0 aromatic carbocycles. The number of nitrogens with two attached hydrogens (primary N) is 1. The number of aliphatic hydroxyl groups excluding tert-OH is 1. The third-order valence-electron chi connectivity index (χ3n) is 4.84. The van der Waals surface area contributed by atoms with Crippen molar-refractivity contribution in [3.05, 3.63) is 23.6 Å². The first-order chi connectivity index (χ1) is 17.2. The molecule has 3 N–H and O–H groups in total. The second-order valence-corrected chi connectivity index (χ2v) is 7.48. The number of carbonyl (C=O) groups is 4. The zero-order valence-corrected chi connectivity index (χ0v) is 21.1. The second-order valence-electron chi connectivity index (χ2n) is 7.48. The lowest BCUT2D eigenvalue weighted by molar-refractivity contribution is -0.144. The molecular formula is C23H35N3O10. The Balaban J connectivity index is 3.21. The lowest BCUT2D eigenvalue weighted by Gasteiger charge is -2.38. The Labute approximate surface area is 209 Å². The van der Waals surface area contributed by atoms with E-state index in [-0.39, 0.29) is 63.6 Å². The minimum atomic E-state index is -0.942. The Kier molecular flexibility index (Phi) is 13.6. The first kappa shape index (κ1) is 30.4. The molecule has 36 heavy (non-hydrogen) atoms. The summed E-state index contributed by atoms with van der Waals surface area (Å²) in [7, 11) is 0. The summed E-state index contributed by atoms with van der Waals surface area (Å²) < 4.78 is 19.6. The van der Waals surface area contributed by atoms with Crippen molar-refractivity contribution in [3.8, 4) is 0 Å². The molecule has 1 aliphatic rings. The first-order valence-corrected chi connectivity index (χ1v) is 11.7. The molecule has 0 bridgehead atoms. The number of hydrogen-bond donors (Lipinski definition) is 2. The van der Waals surface area contributed by atoms with Gasteiger partial charge < -0.3 is 39.5 Å². The fourth-order valence-corrected chi connectivity index (χ4v) is 3.32. The molecule has 2 atom stereocenters. The van der Waals surface area contributed by atoms with Gasteiger partial charge in [-0.2, -0.15) is 0 Å². The summed E-state index contributed by atoms with van der Waals surface area (Å²) in [6, 6.07) is 0. The molecule has 1 heterocycles. The molecule has 0 spiro atoms. The second kappa shape index (κ2) is 16.1. The summed E-state index contributed by atoms with van der Waals surface area (Å²) in [5, 5.41) is 13.6. The molecule has 2 unspecified atom stereocenters. The highest BCUT2D eigenvalue weighted by Crippen LogP contribution is 2.26. The van der Waals surface area contributed by atoms with E-state index in [4.69, 9.17) is 29.5 Å². The van der Waals surface area contributed by atoms with E-state index in [9.17, 15) is 24.3 Å². The number of ether oxygens (including phenoxy) is 4. The van der Waals surface area contributed by atoms with Crippen molar-refractivity contribution in [2.45, 2.75) is 34.1 Å². The Morgan fingerprint density at radius 1 is 0.889 bits per heavy atom. The van der Waals surface area contributed by atoms with Gasteiger partial charge in [-0.05, 0) is 34.1 Å². The number of esters is 4. The Hall–Kier alpha value is -3.61. The number of carbonyl (C=O) groups excluding carboxylic acids is 4. The standard InChI is InChI=1S/C23H35N3O10/c1-5-32-19(28)10-17(22(30)34-7-3)26-12-15(14-27)9-16(13-26)21(24)25-36-18(23(31)35-8-4)11-20(29)33-6-2/h10-11,15-16,27H,5-9,12-14H2,1-4H3,(H2,24,25)/b17-10+,18-11+. The molecule has 13 heteroatoms. The first-order valence-electron chi connectivity index (χ1n) is 11.7. The Morgan fingerprint density at radius 3 is 2.00 bits per heavy atom. The summed E-state index contributed by atoms with van der Waals surface area (Å²) in [6.45, 7) is 6.88.